The summed E-state index contributed by atoms with van der Waals surface area (Å²) in [6.07, 6.45) is 0.934. The molecular formula is C21H27Cl2N3O2S. The Bertz CT molecular complexity index is 851. The first-order valence-electron chi connectivity index (χ1n) is 9.75. The number of amides is 1. The van der Waals surface area contributed by atoms with Gasteiger partial charge in [-0.3, -0.25) is 9.69 Å². The summed E-state index contributed by atoms with van der Waals surface area (Å²) >= 11 is 13.7. The number of hydrogen-bond donors (Lipinski definition) is 0. The summed E-state index contributed by atoms with van der Waals surface area (Å²) in [5.74, 6) is 0.445. The van der Waals surface area contributed by atoms with Gasteiger partial charge in [0.2, 0.25) is 0 Å². The van der Waals surface area contributed by atoms with E-state index in [2.05, 4.69) is 31.1 Å². The third-order valence-electron chi connectivity index (χ3n) is 4.77. The standard InChI is InChI=1S/C21H27Cl2N3O2S/c1-21(2,3)20-24-16(14-29-20)12-25-7-4-8-26(10-9-25)19(27)13-28-18-6-5-15(22)11-17(18)23/h5-6,11,14H,4,7-10,12-13H2,1-3H3. The van der Waals surface area contributed by atoms with Crippen LogP contribution >= 0.6 is 34.5 Å². The molecule has 2 aromatic rings. The summed E-state index contributed by atoms with van der Waals surface area (Å²) in [6.45, 7) is 10.6. The van der Waals surface area contributed by atoms with Crippen LogP contribution in [0.3, 0.4) is 0 Å². The second-order valence-electron chi connectivity index (χ2n) is 8.27. The summed E-state index contributed by atoms with van der Waals surface area (Å²) in [6, 6.07) is 4.98. The average molecular weight is 456 g/mol. The summed E-state index contributed by atoms with van der Waals surface area (Å²) < 4.78 is 5.60. The lowest BCUT2D eigenvalue weighted by Crippen LogP contribution is -2.38. The Hall–Kier alpha value is -1.34. The van der Waals surface area contributed by atoms with E-state index in [1.54, 1.807) is 29.5 Å². The van der Waals surface area contributed by atoms with E-state index in [9.17, 15) is 4.79 Å². The van der Waals surface area contributed by atoms with Gasteiger partial charge in [0.1, 0.15) is 5.75 Å². The van der Waals surface area contributed by atoms with Crippen LogP contribution in [0, 0.1) is 0 Å². The monoisotopic (exact) mass is 455 g/mol. The van der Waals surface area contributed by atoms with Crippen LogP contribution in [0.1, 0.15) is 37.9 Å². The third-order valence-corrected chi connectivity index (χ3v) is 6.61. The molecule has 0 radical (unpaired) electrons. The van der Waals surface area contributed by atoms with Crippen LogP contribution in [0.15, 0.2) is 23.6 Å². The number of aromatic nitrogens is 1. The van der Waals surface area contributed by atoms with Crippen molar-refractivity contribution < 1.29 is 9.53 Å². The van der Waals surface area contributed by atoms with Gasteiger partial charge in [0, 0.05) is 48.5 Å². The maximum absolute atomic E-state index is 12.6. The number of ether oxygens (including phenoxy) is 1. The summed E-state index contributed by atoms with van der Waals surface area (Å²) in [5, 5.41) is 4.26. The quantitative estimate of drug-likeness (QED) is 0.645. The van der Waals surface area contributed by atoms with Crippen LogP contribution < -0.4 is 4.74 Å². The lowest BCUT2D eigenvalue weighted by molar-refractivity contribution is -0.133. The number of carbonyl (C=O) groups is 1. The Morgan fingerprint density at radius 3 is 2.69 bits per heavy atom. The molecule has 0 aliphatic carbocycles. The molecule has 0 spiro atoms. The second kappa shape index (κ2) is 9.65. The van der Waals surface area contributed by atoms with Gasteiger partial charge in [0.25, 0.3) is 5.91 Å². The Kier molecular flexibility index (Phi) is 7.43. The van der Waals surface area contributed by atoms with Crippen molar-refractivity contribution in [3.05, 3.63) is 44.3 Å². The first-order chi connectivity index (χ1) is 13.7. The zero-order chi connectivity index (χ0) is 21.0. The van der Waals surface area contributed by atoms with Gasteiger partial charge in [0.05, 0.1) is 15.7 Å². The Balaban J connectivity index is 1.50. The summed E-state index contributed by atoms with van der Waals surface area (Å²) in [5.41, 5.74) is 1.19. The van der Waals surface area contributed by atoms with Crippen LogP contribution in [0.5, 0.6) is 5.75 Å². The number of hydrogen-bond acceptors (Lipinski definition) is 5. The van der Waals surface area contributed by atoms with Crippen molar-refractivity contribution in [3.8, 4) is 5.75 Å². The van der Waals surface area contributed by atoms with Crippen molar-refractivity contribution in [2.24, 2.45) is 0 Å². The molecule has 29 heavy (non-hydrogen) atoms. The highest BCUT2D eigenvalue weighted by molar-refractivity contribution is 7.09. The molecule has 1 aromatic heterocycles. The van der Waals surface area contributed by atoms with Gasteiger partial charge in [-0.25, -0.2) is 4.98 Å². The van der Waals surface area contributed by atoms with E-state index in [1.807, 2.05) is 4.90 Å². The second-order valence-corrected chi connectivity index (χ2v) is 9.97. The Morgan fingerprint density at radius 1 is 1.21 bits per heavy atom. The van der Waals surface area contributed by atoms with E-state index in [-0.39, 0.29) is 17.9 Å². The molecule has 0 atom stereocenters. The van der Waals surface area contributed by atoms with E-state index in [4.69, 9.17) is 32.9 Å². The number of rotatable bonds is 5. The third kappa shape index (κ3) is 6.32. The molecule has 158 valence electrons. The van der Waals surface area contributed by atoms with Crippen molar-refractivity contribution in [2.75, 3.05) is 32.8 Å². The lowest BCUT2D eigenvalue weighted by Gasteiger charge is -2.22. The van der Waals surface area contributed by atoms with Gasteiger partial charge in [-0.1, -0.05) is 44.0 Å². The highest BCUT2D eigenvalue weighted by Gasteiger charge is 2.22. The largest absolute Gasteiger partial charge is 0.482 e. The normalized spacial score (nSPS) is 16.0. The average Bonchev–Trinajstić information content (AvgIpc) is 3.00. The van der Waals surface area contributed by atoms with Gasteiger partial charge >= 0.3 is 0 Å². The minimum atomic E-state index is -0.0263. The molecule has 0 bridgehead atoms. The fourth-order valence-corrected chi connectivity index (χ4v) is 4.52. The minimum absolute atomic E-state index is 0.0254. The molecule has 1 saturated heterocycles. The highest BCUT2D eigenvalue weighted by Crippen LogP contribution is 2.28. The lowest BCUT2D eigenvalue weighted by atomic mass is 9.98. The number of carbonyl (C=O) groups excluding carboxylic acids is 1. The fraction of sp³-hybridized carbons (Fsp3) is 0.524. The van der Waals surface area contributed by atoms with Crippen LogP contribution in [-0.4, -0.2) is 53.5 Å². The van der Waals surface area contributed by atoms with Gasteiger partial charge in [0.15, 0.2) is 6.61 Å². The Labute approximate surface area is 186 Å². The van der Waals surface area contributed by atoms with E-state index in [0.29, 0.717) is 22.3 Å². The first kappa shape index (κ1) is 22.3. The highest BCUT2D eigenvalue weighted by atomic mass is 35.5. The van der Waals surface area contributed by atoms with Gasteiger partial charge in [-0.05, 0) is 24.6 Å². The zero-order valence-corrected chi connectivity index (χ0v) is 19.4. The maximum atomic E-state index is 12.6. The number of thiazole rings is 1. The van der Waals surface area contributed by atoms with Crippen LogP contribution in [0.25, 0.3) is 0 Å². The van der Waals surface area contributed by atoms with Crippen molar-refractivity contribution in [3.63, 3.8) is 0 Å². The Morgan fingerprint density at radius 2 is 2.00 bits per heavy atom. The molecule has 1 aromatic carbocycles. The molecule has 1 aliphatic heterocycles. The smallest absolute Gasteiger partial charge is 0.260 e. The number of benzene rings is 1. The molecular weight excluding hydrogens is 429 g/mol. The van der Waals surface area contributed by atoms with Gasteiger partial charge in [-0.15, -0.1) is 11.3 Å². The number of halogens is 2. The van der Waals surface area contributed by atoms with Crippen LogP contribution in [-0.2, 0) is 16.8 Å². The van der Waals surface area contributed by atoms with Crippen molar-refractivity contribution in [1.82, 2.24) is 14.8 Å². The number of nitrogens with zero attached hydrogens (tertiary/aromatic N) is 3. The summed E-state index contributed by atoms with van der Waals surface area (Å²) in [4.78, 5) is 21.6. The molecule has 1 amide bonds. The molecule has 5 nitrogen and oxygen atoms in total. The predicted octanol–water partition coefficient (Wildman–Crippen LogP) is 4.86. The zero-order valence-electron chi connectivity index (χ0n) is 17.1. The molecule has 3 rings (SSSR count). The molecule has 0 saturated carbocycles. The maximum Gasteiger partial charge on any atom is 0.260 e. The van der Waals surface area contributed by atoms with Gasteiger partial charge < -0.3 is 9.64 Å². The van der Waals surface area contributed by atoms with E-state index >= 15 is 0 Å². The molecule has 0 N–H and O–H groups in total. The molecule has 8 heteroatoms. The van der Waals surface area contributed by atoms with Crippen molar-refractivity contribution >= 4 is 40.4 Å². The van der Waals surface area contributed by atoms with Crippen LogP contribution in [0.4, 0.5) is 0 Å². The van der Waals surface area contributed by atoms with Crippen LogP contribution in [0.2, 0.25) is 10.0 Å². The molecule has 0 unspecified atom stereocenters. The molecule has 2 heterocycles. The van der Waals surface area contributed by atoms with Crippen molar-refractivity contribution in [2.45, 2.75) is 39.2 Å². The van der Waals surface area contributed by atoms with E-state index in [1.165, 1.54) is 0 Å². The minimum Gasteiger partial charge on any atom is -0.482 e. The topological polar surface area (TPSA) is 45.7 Å². The van der Waals surface area contributed by atoms with E-state index in [0.717, 1.165) is 43.3 Å². The molecule has 1 aliphatic rings. The van der Waals surface area contributed by atoms with Crippen molar-refractivity contribution in [1.29, 1.82) is 0 Å². The van der Waals surface area contributed by atoms with E-state index < -0.39 is 0 Å². The van der Waals surface area contributed by atoms with Gasteiger partial charge in [-0.2, -0.15) is 0 Å². The first-order valence-corrected chi connectivity index (χ1v) is 11.4. The summed E-state index contributed by atoms with van der Waals surface area (Å²) in [7, 11) is 0. The molecule has 1 fully saturated rings. The predicted molar refractivity (Wildman–Crippen MR) is 119 cm³/mol. The fourth-order valence-electron chi connectivity index (χ4n) is 3.15. The SMILES string of the molecule is CC(C)(C)c1nc(CN2CCCN(C(=O)COc3ccc(Cl)cc3Cl)CC2)cs1.